The molecule has 1 heterocycles. The number of carboxylic acid groups (broad SMARTS) is 1. The predicted molar refractivity (Wildman–Crippen MR) is 123 cm³/mol. The van der Waals surface area contributed by atoms with E-state index in [2.05, 4.69) is 61.3 Å². The van der Waals surface area contributed by atoms with Crippen LogP contribution in [0, 0.1) is 17.3 Å². The molecule has 1 amide bonds. The zero-order valence-electron chi connectivity index (χ0n) is 19.5. The summed E-state index contributed by atoms with van der Waals surface area (Å²) in [4.78, 5) is 26.4. The van der Waals surface area contributed by atoms with Gasteiger partial charge in [-0.1, -0.05) is 51.1 Å². The Morgan fingerprint density at radius 3 is 2.55 bits per heavy atom. The maximum Gasteiger partial charge on any atom is 0.407 e. The van der Waals surface area contributed by atoms with E-state index in [0.717, 1.165) is 36.6 Å². The van der Waals surface area contributed by atoms with E-state index in [4.69, 9.17) is 0 Å². The molecule has 6 nitrogen and oxygen atoms in total. The third-order valence-electron chi connectivity index (χ3n) is 7.35. The summed E-state index contributed by atoms with van der Waals surface area (Å²) in [6.45, 7) is 10.0. The van der Waals surface area contributed by atoms with Crippen molar-refractivity contribution in [3.63, 3.8) is 0 Å². The van der Waals surface area contributed by atoms with Gasteiger partial charge >= 0.3 is 6.09 Å². The van der Waals surface area contributed by atoms with Crippen LogP contribution in [0.2, 0.25) is 0 Å². The first-order valence-corrected chi connectivity index (χ1v) is 11.6. The van der Waals surface area contributed by atoms with Crippen LogP contribution in [0.15, 0.2) is 30.3 Å². The molecule has 1 saturated heterocycles. The standard InChI is InChI=1S/C25H39N3O3/c1-25(2,3)23(13-11-20(17-29)27(4)24(30)31)26-22-12-10-19-15-28(16-21(19)22)14-18-8-6-5-7-9-18/h5-9,17,19-23,26H,10-16H2,1-4H3,(H,30,31)/t19-,20?,21+,22+,23-/m0/s1. The van der Waals surface area contributed by atoms with Gasteiger partial charge in [0.2, 0.25) is 0 Å². The molecule has 3 rings (SSSR count). The smallest absolute Gasteiger partial charge is 0.407 e. The fraction of sp³-hybridized carbons (Fsp3) is 0.680. The lowest BCUT2D eigenvalue weighted by molar-refractivity contribution is -0.111. The van der Waals surface area contributed by atoms with E-state index < -0.39 is 12.1 Å². The molecule has 172 valence electrons. The number of nitrogens with zero attached hydrogens (tertiary/aromatic N) is 2. The molecule has 5 atom stereocenters. The third kappa shape index (κ3) is 6.07. The van der Waals surface area contributed by atoms with Gasteiger partial charge in [0.15, 0.2) is 0 Å². The van der Waals surface area contributed by atoms with Crippen molar-refractivity contribution in [2.24, 2.45) is 17.3 Å². The number of likely N-dealkylation sites (N-methyl/N-ethyl adjacent to an activating group) is 1. The lowest BCUT2D eigenvalue weighted by Crippen LogP contribution is -2.49. The van der Waals surface area contributed by atoms with E-state index in [1.165, 1.54) is 32.0 Å². The highest BCUT2D eigenvalue weighted by atomic mass is 16.4. The lowest BCUT2D eigenvalue weighted by Gasteiger charge is -2.37. The molecule has 1 unspecified atom stereocenters. The number of aldehydes is 1. The molecule has 31 heavy (non-hydrogen) atoms. The lowest BCUT2D eigenvalue weighted by atomic mass is 9.82. The topological polar surface area (TPSA) is 72.9 Å². The zero-order valence-corrected chi connectivity index (χ0v) is 19.5. The summed E-state index contributed by atoms with van der Waals surface area (Å²) < 4.78 is 0. The average Bonchev–Trinajstić information content (AvgIpc) is 3.28. The average molecular weight is 430 g/mol. The van der Waals surface area contributed by atoms with Crippen LogP contribution in [-0.4, -0.2) is 65.5 Å². The van der Waals surface area contributed by atoms with Crippen molar-refractivity contribution in [3.05, 3.63) is 35.9 Å². The Bertz CT molecular complexity index is 733. The molecule has 2 N–H and O–H groups in total. The van der Waals surface area contributed by atoms with Crippen LogP contribution in [-0.2, 0) is 11.3 Å². The second-order valence-corrected chi connectivity index (χ2v) is 10.5. The maximum atomic E-state index is 11.5. The van der Waals surface area contributed by atoms with Gasteiger partial charge in [-0.25, -0.2) is 4.79 Å². The Morgan fingerprint density at radius 2 is 1.94 bits per heavy atom. The zero-order chi connectivity index (χ0) is 22.6. The van der Waals surface area contributed by atoms with Gasteiger partial charge in [0.05, 0.1) is 6.04 Å². The monoisotopic (exact) mass is 429 g/mol. The Hall–Kier alpha value is -1.92. The molecule has 0 spiro atoms. The van der Waals surface area contributed by atoms with Crippen LogP contribution >= 0.6 is 0 Å². The number of benzene rings is 1. The number of fused-ring (bicyclic) bond motifs is 1. The number of carbonyl (C=O) groups is 2. The van der Waals surface area contributed by atoms with Crippen molar-refractivity contribution >= 4 is 12.4 Å². The molecule has 0 bridgehead atoms. The molecule has 2 aliphatic rings. The molecule has 1 saturated carbocycles. The normalized spacial score (nSPS) is 25.7. The molecule has 2 fully saturated rings. The third-order valence-corrected chi connectivity index (χ3v) is 7.35. The van der Waals surface area contributed by atoms with E-state index >= 15 is 0 Å². The van der Waals surface area contributed by atoms with Gasteiger partial charge in [-0.15, -0.1) is 0 Å². The predicted octanol–water partition coefficient (Wildman–Crippen LogP) is 3.86. The minimum absolute atomic E-state index is 0.0373. The molecule has 0 aromatic heterocycles. The van der Waals surface area contributed by atoms with Gasteiger partial charge in [0.25, 0.3) is 0 Å². The summed E-state index contributed by atoms with van der Waals surface area (Å²) in [6, 6.07) is 10.8. The minimum atomic E-state index is -1.06. The summed E-state index contributed by atoms with van der Waals surface area (Å²) in [6.07, 6.45) is 3.50. The van der Waals surface area contributed by atoms with E-state index in [9.17, 15) is 14.7 Å². The van der Waals surface area contributed by atoms with E-state index in [1.807, 2.05) is 0 Å². The first-order chi connectivity index (χ1) is 14.7. The quantitative estimate of drug-likeness (QED) is 0.583. The van der Waals surface area contributed by atoms with Gasteiger partial charge in [0, 0.05) is 38.8 Å². The van der Waals surface area contributed by atoms with Crippen molar-refractivity contribution in [3.8, 4) is 0 Å². The number of hydrogen-bond acceptors (Lipinski definition) is 4. The first kappa shape index (κ1) is 23.7. The SMILES string of the molecule is CN(C(=O)O)C(C=O)CC[C@H](N[C@@H]1CC[C@H]2CN(Cc3ccccc3)C[C@H]21)C(C)(C)C. The molecule has 1 aromatic carbocycles. The van der Waals surface area contributed by atoms with Gasteiger partial charge < -0.3 is 20.1 Å². The van der Waals surface area contributed by atoms with Gasteiger partial charge in [-0.05, 0) is 48.5 Å². The van der Waals surface area contributed by atoms with Crippen molar-refractivity contribution < 1.29 is 14.7 Å². The largest absolute Gasteiger partial charge is 0.465 e. The van der Waals surface area contributed by atoms with Crippen molar-refractivity contribution in [2.75, 3.05) is 20.1 Å². The van der Waals surface area contributed by atoms with Crippen molar-refractivity contribution in [1.29, 1.82) is 0 Å². The molecular weight excluding hydrogens is 390 g/mol. The Kier molecular flexibility index (Phi) is 7.76. The molecule has 0 radical (unpaired) electrons. The maximum absolute atomic E-state index is 11.5. The van der Waals surface area contributed by atoms with Crippen molar-refractivity contribution in [1.82, 2.24) is 15.1 Å². The minimum Gasteiger partial charge on any atom is -0.465 e. The Morgan fingerprint density at radius 1 is 1.23 bits per heavy atom. The van der Waals surface area contributed by atoms with Crippen LogP contribution in [0.3, 0.4) is 0 Å². The number of carbonyl (C=O) groups excluding carboxylic acids is 1. The fourth-order valence-electron chi connectivity index (χ4n) is 5.39. The first-order valence-electron chi connectivity index (χ1n) is 11.6. The number of nitrogens with one attached hydrogen (secondary N) is 1. The Labute approximate surface area is 187 Å². The molecule has 1 aliphatic carbocycles. The summed E-state index contributed by atoms with van der Waals surface area (Å²) in [7, 11) is 1.47. The highest BCUT2D eigenvalue weighted by Gasteiger charge is 2.43. The summed E-state index contributed by atoms with van der Waals surface area (Å²) in [5, 5.41) is 13.2. The van der Waals surface area contributed by atoms with Crippen LogP contribution in [0.1, 0.15) is 52.0 Å². The summed E-state index contributed by atoms with van der Waals surface area (Å²) in [5.74, 6) is 1.42. The van der Waals surface area contributed by atoms with Crippen LogP contribution in [0.4, 0.5) is 4.79 Å². The van der Waals surface area contributed by atoms with Gasteiger partial charge in [0.1, 0.15) is 6.29 Å². The van der Waals surface area contributed by atoms with E-state index in [1.54, 1.807) is 0 Å². The van der Waals surface area contributed by atoms with Crippen LogP contribution in [0.5, 0.6) is 0 Å². The number of amides is 1. The van der Waals surface area contributed by atoms with Crippen LogP contribution in [0.25, 0.3) is 0 Å². The highest BCUT2D eigenvalue weighted by molar-refractivity contribution is 5.71. The number of rotatable bonds is 9. The molecule has 6 heteroatoms. The van der Waals surface area contributed by atoms with E-state index in [0.29, 0.717) is 18.4 Å². The second kappa shape index (κ2) is 10.1. The van der Waals surface area contributed by atoms with Gasteiger partial charge in [-0.2, -0.15) is 0 Å². The Balaban J connectivity index is 1.59. The number of likely N-dealkylation sites (tertiary alicyclic amines) is 1. The fourth-order valence-corrected chi connectivity index (χ4v) is 5.39. The molecule has 1 aromatic rings. The summed E-state index contributed by atoms with van der Waals surface area (Å²) in [5.41, 5.74) is 1.41. The summed E-state index contributed by atoms with van der Waals surface area (Å²) >= 11 is 0. The van der Waals surface area contributed by atoms with Crippen molar-refractivity contribution in [2.45, 2.75) is 71.1 Å². The molecular formula is C25H39N3O3. The van der Waals surface area contributed by atoms with Gasteiger partial charge in [-0.3, -0.25) is 4.90 Å². The van der Waals surface area contributed by atoms with E-state index in [-0.39, 0.29) is 11.5 Å². The van der Waals surface area contributed by atoms with Crippen LogP contribution < -0.4 is 5.32 Å². The number of hydrogen-bond donors (Lipinski definition) is 2. The second-order valence-electron chi connectivity index (χ2n) is 10.5. The highest BCUT2D eigenvalue weighted by Crippen LogP contribution is 2.40. The molecule has 1 aliphatic heterocycles.